The van der Waals surface area contributed by atoms with Crippen LogP contribution in [0.3, 0.4) is 0 Å². The third kappa shape index (κ3) is 3.82. The van der Waals surface area contributed by atoms with Crippen LogP contribution in [0.4, 0.5) is 4.39 Å². The molecule has 2 unspecified atom stereocenters. The number of aryl methyl sites for hydroxylation is 1. The molecule has 0 aromatic heterocycles. The Morgan fingerprint density at radius 2 is 1.86 bits per heavy atom. The number of hydrogen-bond acceptors (Lipinski definition) is 2. The van der Waals surface area contributed by atoms with Gasteiger partial charge in [-0.2, -0.15) is 0 Å². The van der Waals surface area contributed by atoms with Crippen molar-refractivity contribution in [3.8, 4) is 5.75 Å². The molecule has 0 aliphatic carbocycles. The molecule has 0 aliphatic heterocycles. The Morgan fingerprint density at radius 1 is 1.10 bits per heavy atom. The Morgan fingerprint density at radius 3 is 2.52 bits per heavy atom. The Bertz CT molecular complexity index is 585. The maximum absolute atomic E-state index is 13.5. The van der Waals surface area contributed by atoms with Crippen LogP contribution in [-0.2, 0) is 6.42 Å². The molecule has 0 bridgehead atoms. The van der Waals surface area contributed by atoms with E-state index in [2.05, 4.69) is 6.92 Å². The summed E-state index contributed by atoms with van der Waals surface area (Å²) < 4.78 is 19.6. The second-order valence-corrected chi connectivity index (χ2v) is 5.13. The maximum Gasteiger partial charge on any atom is 0.139 e. The minimum atomic E-state index is -0.349. The molecule has 0 radical (unpaired) electrons. The highest BCUT2D eigenvalue weighted by molar-refractivity contribution is 5.34. The molecule has 21 heavy (non-hydrogen) atoms. The van der Waals surface area contributed by atoms with E-state index in [9.17, 15) is 4.39 Å². The van der Waals surface area contributed by atoms with Crippen LogP contribution in [0.1, 0.15) is 37.5 Å². The van der Waals surface area contributed by atoms with E-state index in [1.165, 1.54) is 12.1 Å². The predicted octanol–water partition coefficient (Wildman–Crippen LogP) is 4.25. The van der Waals surface area contributed by atoms with E-state index in [-0.39, 0.29) is 18.0 Å². The van der Waals surface area contributed by atoms with Crippen LogP contribution in [0.25, 0.3) is 0 Å². The normalized spacial score (nSPS) is 13.7. The zero-order chi connectivity index (χ0) is 15.2. The van der Waals surface area contributed by atoms with Gasteiger partial charge in [0.25, 0.3) is 0 Å². The fraction of sp³-hybridized carbons (Fsp3) is 0.333. The van der Waals surface area contributed by atoms with Crippen LogP contribution in [-0.4, -0.2) is 6.04 Å². The van der Waals surface area contributed by atoms with E-state index in [1.54, 1.807) is 6.07 Å². The summed E-state index contributed by atoms with van der Waals surface area (Å²) in [6.07, 6.45) is 1.29. The first kappa shape index (κ1) is 15.5. The molecule has 0 amide bonds. The summed E-state index contributed by atoms with van der Waals surface area (Å²) in [7, 11) is 0. The second kappa shape index (κ2) is 7.23. The van der Waals surface area contributed by atoms with Crippen LogP contribution in [0.2, 0.25) is 0 Å². The predicted molar refractivity (Wildman–Crippen MR) is 83.9 cm³/mol. The minimum absolute atomic E-state index is 0.184. The molecule has 2 nitrogen and oxygen atoms in total. The monoisotopic (exact) mass is 287 g/mol. The summed E-state index contributed by atoms with van der Waals surface area (Å²) in [5.41, 5.74) is 8.09. The minimum Gasteiger partial charge on any atom is -0.484 e. The molecule has 0 fully saturated rings. The van der Waals surface area contributed by atoms with Crippen molar-refractivity contribution in [1.29, 1.82) is 0 Å². The molecule has 0 heterocycles. The molecular formula is C18H22FNO. The van der Waals surface area contributed by atoms with Crippen LogP contribution < -0.4 is 10.5 Å². The van der Waals surface area contributed by atoms with Gasteiger partial charge in [-0.3, -0.25) is 0 Å². The van der Waals surface area contributed by atoms with Gasteiger partial charge in [-0.05, 0) is 42.2 Å². The van der Waals surface area contributed by atoms with E-state index in [1.807, 2.05) is 37.3 Å². The highest BCUT2D eigenvalue weighted by Crippen LogP contribution is 2.28. The number of para-hydroxylation sites is 1. The Hall–Kier alpha value is -1.87. The number of rotatable bonds is 6. The molecule has 0 saturated heterocycles. The van der Waals surface area contributed by atoms with E-state index >= 15 is 0 Å². The molecule has 0 saturated carbocycles. The van der Waals surface area contributed by atoms with Crippen molar-refractivity contribution in [3.05, 3.63) is 65.5 Å². The zero-order valence-electron chi connectivity index (χ0n) is 12.6. The zero-order valence-corrected chi connectivity index (χ0v) is 12.6. The van der Waals surface area contributed by atoms with Crippen molar-refractivity contribution >= 4 is 0 Å². The summed E-state index contributed by atoms with van der Waals surface area (Å²) in [6.45, 7) is 4.09. The lowest BCUT2D eigenvalue weighted by atomic mass is 10.0. The van der Waals surface area contributed by atoms with E-state index in [0.717, 1.165) is 29.7 Å². The van der Waals surface area contributed by atoms with Gasteiger partial charge in [0.15, 0.2) is 0 Å². The van der Waals surface area contributed by atoms with Gasteiger partial charge < -0.3 is 10.5 Å². The van der Waals surface area contributed by atoms with Gasteiger partial charge in [0.2, 0.25) is 0 Å². The fourth-order valence-corrected chi connectivity index (χ4v) is 2.35. The van der Waals surface area contributed by atoms with Crippen LogP contribution in [0.15, 0.2) is 48.5 Å². The highest BCUT2D eigenvalue weighted by Gasteiger charge is 2.21. The van der Waals surface area contributed by atoms with Crippen molar-refractivity contribution in [3.63, 3.8) is 0 Å². The lowest BCUT2D eigenvalue weighted by Crippen LogP contribution is -2.31. The van der Waals surface area contributed by atoms with Crippen LogP contribution in [0, 0.1) is 5.82 Å². The summed E-state index contributed by atoms with van der Waals surface area (Å²) in [6, 6.07) is 14.2. The van der Waals surface area contributed by atoms with Gasteiger partial charge in [-0.25, -0.2) is 4.39 Å². The highest BCUT2D eigenvalue weighted by atomic mass is 19.1. The second-order valence-electron chi connectivity index (χ2n) is 5.13. The molecule has 2 rings (SSSR count). The molecular weight excluding hydrogens is 265 g/mol. The quantitative estimate of drug-likeness (QED) is 0.862. The first-order valence-electron chi connectivity index (χ1n) is 7.41. The molecule has 2 atom stereocenters. The smallest absolute Gasteiger partial charge is 0.139 e. The molecule has 2 N–H and O–H groups in total. The van der Waals surface area contributed by atoms with Crippen molar-refractivity contribution in [2.24, 2.45) is 5.73 Å². The molecule has 0 aliphatic rings. The Kier molecular flexibility index (Phi) is 5.34. The van der Waals surface area contributed by atoms with Gasteiger partial charge >= 0.3 is 0 Å². The van der Waals surface area contributed by atoms with Crippen LogP contribution >= 0.6 is 0 Å². The summed E-state index contributed by atoms with van der Waals surface area (Å²) in [5.74, 6) is 0.548. The topological polar surface area (TPSA) is 35.2 Å². The standard InChI is InChI=1S/C18H22FNO/c1-3-13-8-5-6-11-17(13)21-18(16(20)4-2)14-9-7-10-15(19)12-14/h5-12,16,18H,3-4,20H2,1-2H3. The van der Waals surface area contributed by atoms with Crippen LogP contribution in [0.5, 0.6) is 5.75 Å². The van der Waals surface area contributed by atoms with Crippen molar-refractivity contribution in [1.82, 2.24) is 0 Å². The van der Waals surface area contributed by atoms with Crippen molar-refractivity contribution in [2.75, 3.05) is 0 Å². The van der Waals surface area contributed by atoms with Gasteiger partial charge in [0.05, 0.1) is 0 Å². The third-order valence-electron chi connectivity index (χ3n) is 3.64. The summed E-state index contributed by atoms with van der Waals surface area (Å²) in [5, 5.41) is 0. The van der Waals surface area contributed by atoms with E-state index < -0.39 is 0 Å². The SMILES string of the molecule is CCc1ccccc1OC(c1cccc(F)c1)C(N)CC. The van der Waals surface area contributed by atoms with E-state index in [4.69, 9.17) is 10.5 Å². The lowest BCUT2D eigenvalue weighted by molar-refractivity contribution is 0.169. The fourth-order valence-electron chi connectivity index (χ4n) is 2.35. The molecule has 3 heteroatoms. The number of hydrogen-bond donors (Lipinski definition) is 1. The van der Waals surface area contributed by atoms with Gasteiger partial charge in [0, 0.05) is 6.04 Å². The average Bonchev–Trinajstić information content (AvgIpc) is 2.52. The van der Waals surface area contributed by atoms with E-state index in [0.29, 0.717) is 0 Å². The Labute approximate surface area is 125 Å². The first-order valence-corrected chi connectivity index (χ1v) is 7.41. The maximum atomic E-state index is 13.5. The molecule has 2 aromatic rings. The summed E-state index contributed by atoms with van der Waals surface area (Å²) in [4.78, 5) is 0. The lowest BCUT2D eigenvalue weighted by Gasteiger charge is -2.26. The average molecular weight is 287 g/mol. The molecule has 0 spiro atoms. The van der Waals surface area contributed by atoms with Gasteiger partial charge in [0.1, 0.15) is 17.7 Å². The summed E-state index contributed by atoms with van der Waals surface area (Å²) >= 11 is 0. The number of ether oxygens (including phenoxy) is 1. The van der Waals surface area contributed by atoms with Crippen molar-refractivity contribution in [2.45, 2.75) is 38.8 Å². The number of halogens is 1. The molecule has 2 aromatic carbocycles. The van der Waals surface area contributed by atoms with Crippen molar-refractivity contribution < 1.29 is 9.13 Å². The largest absolute Gasteiger partial charge is 0.484 e. The molecule has 112 valence electrons. The van der Waals surface area contributed by atoms with Gasteiger partial charge in [-0.15, -0.1) is 0 Å². The number of benzene rings is 2. The third-order valence-corrected chi connectivity index (χ3v) is 3.64. The number of nitrogens with two attached hydrogens (primary N) is 1. The van der Waals surface area contributed by atoms with Gasteiger partial charge in [-0.1, -0.05) is 44.2 Å². The Balaban J connectivity index is 2.33. The first-order chi connectivity index (χ1) is 10.2.